The van der Waals surface area contributed by atoms with E-state index in [-0.39, 0.29) is 23.9 Å². The third-order valence-corrected chi connectivity index (χ3v) is 3.09. The molecule has 6 nitrogen and oxygen atoms in total. The van der Waals surface area contributed by atoms with Crippen LogP contribution in [-0.4, -0.2) is 27.3 Å². The van der Waals surface area contributed by atoms with Gasteiger partial charge < -0.3 is 9.47 Å². The summed E-state index contributed by atoms with van der Waals surface area (Å²) in [5.41, 5.74) is 1.17. The van der Waals surface area contributed by atoms with E-state index in [0.29, 0.717) is 5.75 Å². The molecular formula is C16H21N3O3. The number of hydrogen-bond acceptors (Lipinski definition) is 5. The SMILES string of the molecule is CCOC(=O)c1nc(Oc2cccc(C(C)(C)C)c2)n(C)n1. The van der Waals surface area contributed by atoms with Gasteiger partial charge in [0.05, 0.1) is 6.61 Å². The molecule has 0 spiro atoms. The zero-order chi connectivity index (χ0) is 16.3. The van der Waals surface area contributed by atoms with Gasteiger partial charge in [0.1, 0.15) is 5.75 Å². The summed E-state index contributed by atoms with van der Waals surface area (Å²) < 4.78 is 12.0. The average Bonchev–Trinajstić information content (AvgIpc) is 2.80. The fraction of sp³-hybridized carbons (Fsp3) is 0.438. The minimum Gasteiger partial charge on any atom is -0.460 e. The number of rotatable bonds is 4. The van der Waals surface area contributed by atoms with Crippen LogP contribution in [0.25, 0.3) is 0 Å². The molecule has 0 unspecified atom stereocenters. The van der Waals surface area contributed by atoms with Crippen LogP contribution in [-0.2, 0) is 17.2 Å². The summed E-state index contributed by atoms with van der Waals surface area (Å²) in [5.74, 6) is 0.0843. The minimum absolute atomic E-state index is 0.00803. The van der Waals surface area contributed by atoms with Crippen LogP contribution in [0.3, 0.4) is 0 Å². The van der Waals surface area contributed by atoms with Crippen molar-refractivity contribution >= 4 is 5.97 Å². The lowest BCUT2D eigenvalue weighted by atomic mass is 9.87. The van der Waals surface area contributed by atoms with Crippen molar-refractivity contribution in [2.24, 2.45) is 7.05 Å². The first-order chi connectivity index (χ1) is 10.3. The summed E-state index contributed by atoms with van der Waals surface area (Å²) in [5, 5.41) is 4.00. The van der Waals surface area contributed by atoms with Gasteiger partial charge in [0.15, 0.2) is 0 Å². The van der Waals surface area contributed by atoms with E-state index < -0.39 is 5.97 Å². The number of benzene rings is 1. The Morgan fingerprint density at radius 3 is 2.68 bits per heavy atom. The molecule has 1 aromatic heterocycles. The summed E-state index contributed by atoms with van der Waals surface area (Å²) in [7, 11) is 1.67. The van der Waals surface area contributed by atoms with Crippen molar-refractivity contribution in [1.29, 1.82) is 0 Å². The number of aryl methyl sites for hydroxylation is 1. The van der Waals surface area contributed by atoms with Crippen molar-refractivity contribution in [2.45, 2.75) is 33.1 Å². The molecular weight excluding hydrogens is 282 g/mol. The third kappa shape index (κ3) is 3.63. The molecule has 0 N–H and O–H groups in total. The van der Waals surface area contributed by atoms with Crippen molar-refractivity contribution in [3.05, 3.63) is 35.7 Å². The maximum atomic E-state index is 11.6. The van der Waals surface area contributed by atoms with E-state index in [9.17, 15) is 4.79 Å². The summed E-state index contributed by atoms with van der Waals surface area (Å²) in [6.45, 7) is 8.41. The monoisotopic (exact) mass is 303 g/mol. The lowest BCUT2D eigenvalue weighted by Gasteiger charge is -2.19. The number of ether oxygens (including phenoxy) is 2. The first-order valence-electron chi connectivity index (χ1n) is 7.18. The molecule has 0 saturated carbocycles. The topological polar surface area (TPSA) is 66.2 Å². The van der Waals surface area contributed by atoms with Gasteiger partial charge in [-0.05, 0) is 30.0 Å². The zero-order valence-corrected chi connectivity index (χ0v) is 13.6. The smallest absolute Gasteiger partial charge is 0.378 e. The van der Waals surface area contributed by atoms with Gasteiger partial charge in [0.25, 0.3) is 5.82 Å². The minimum atomic E-state index is -0.559. The molecule has 0 aliphatic rings. The van der Waals surface area contributed by atoms with Gasteiger partial charge in [0.2, 0.25) is 0 Å². The van der Waals surface area contributed by atoms with Crippen LogP contribution in [0.2, 0.25) is 0 Å². The second kappa shape index (κ2) is 6.17. The molecule has 6 heteroatoms. The maximum Gasteiger partial charge on any atom is 0.378 e. The van der Waals surface area contributed by atoms with Crippen LogP contribution < -0.4 is 4.74 Å². The molecule has 1 aromatic carbocycles. The predicted molar refractivity (Wildman–Crippen MR) is 82.2 cm³/mol. The highest BCUT2D eigenvalue weighted by Crippen LogP contribution is 2.27. The van der Waals surface area contributed by atoms with Crippen molar-refractivity contribution in [2.75, 3.05) is 6.61 Å². The Morgan fingerprint density at radius 1 is 1.32 bits per heavy atom. The summed E-state index contributed by atoms with van der Waals surface area (Å²) >= 11 is 0. The Balaban J connectivity index is 2.23. The first-order valence-corrected chi connectivity index (χ1v) is 7.18. The molecule has 0 amide bonds. The van der Waals surface area contributed by atoms with Gasteiger partial charge in [0, 0.05) is 7.05 Å². The molecule has 2 rings (SSSR count). The largest absolute Gasteiger partial charge is 0.460 e. The molecule has 0 aliphatic heterocycles. The van der Waals surface area contributed by atoms with Gasteiger partial charge in [-0.2, -0.15) is 4.98 Å². The normalized spacial score (nSPS) is 11.3. The van der Waals surface area contributed by atoms with Crippen LogP contribution in [0.5, 0.6) is 11.8 Å². The molecule has 0 bridgehead atoms. The molecule has 118 valence electrons. The van der Waals surface area contributed by atoms with E-state index in [4.69, 9.17) is 9.47 Å². The van der Waals surface area contributed by atoms with Crippen molar-refractivity contribution in [3.63, 3.8) is 0 Å². The van der Waals surface area contributed by atoms with E-state index in [1.165, 1.54) is 4.68 Å². The second-order valence-corrected chi connectivity index (χ2v) is 5.94. The Bertz CT molecular complexity index is 672. The van der Waals surface area contributed by atoms with E-state index in [1.54, 1.807) is 14.0 Å². The van der Waals surface area contributed by atoms with Crippen LogP contribution in [0.1, 0.15) is 43.9 Å². The maximum absolute atomic E-state index is 11.6. The molecule has 1 heterocycles. The van der Waals surface area contributed by atoms with Crippen LogP contribution in [0, 0.1) is 0 Å². The van der Waals surface area contributed by atoms with Gasteiger partial charge in [-0.25, -0.2) is 9.48 Å². The summed E-state index contributed by atoms with van der Waals surface area (Å²) in [4.78, 5) is 15.7. The Labute approximate surface area is 130 Å². The van der Waals surface area contributed by atoms with Crippen LogP contribution >= 0.6 is 0 Å². The standard InChI is InChI=1S/C16H21N3O3/c1-6-21-14(20)13-17-15(19(5)18-13)22-12-9-7-8-11(10-12)16(2,3)4/h7-10H,6H2,1-5H3. The lowest BCUT2D eigenvalue weighted by molar-refractivity contribution is 0.0511. The molecule has 0 atom stereocenters. The number of nitrogens with zero attached hydrogens (tertiary/aromatic N) is 3. The molecule has 2 aromatic rings. The Hall–Kier alpha value is -2.37. The van der Waals surface area contributed by atoms with Crippen molar-refractivity contribution in [3.8, 4) is 11.8 Å². The number of hydrogen-bond donors (Lipinski definition) is 0. The zero-order valence-electron chi connectivity index (χ0n) is 13.6. The number of carbonyl (C=O) groups excluding carboxylic acids is 1. The fourth-order valence-corrected chi connectivity index (χ4v) is 1.87. The fourth-order valence-electron chi connectivity index (χ4n) is 1.87. The summed E-state index contributed by atoms with van der Waals surface area (Å²) in [6, 6.07) is 8.02. The van der Waals surface area contributed by atoms with E-state index in [0.717, 1.165) is 5.56 Å². The molecule has 0 aliphatic carbocycles. The number of carbonyl (C=O) groups is 1. The molecule has 22 heavy (non-hydrogen) atoms. The third-order valence-electron chi connectivity index (χ3n) is 3.09. The highest BCUT2D eigenvalue weighted by molar-refractivity contribution is 5.85. The number of esters is 1. The quantitative estimate of drug-likeness (QED) is 0.812. The number of aromatic nitrogens is 3. The van der Waals surface area contributed by atoms with Gasteiger partial charge in [-0.15, -0.1) is 5.10 Å². The molecule has 0 radical (unpaired) electrons. The highest BCUT2D eigenvalue weighted by atomic mass is 16.5. The molecule has 0 saturated heterocycles. The van der Waals surface area contributed by atoms with Gasteiger partial charge in [-0.1, -0.05) is 32.9 Å². The van der Waals surface area contributed by atoms with E-state index in [2.05, 4.69) is 30.9 Å². The van der Waals surface area contributed by atoms with Gasteiger partial charge >= 0.3 is 12.0 Å². The van der Waals surface area contributed by atoms with E-state index in [1.807, 2.05) is 24.3 Å². The average molecular weight is 303 g/mol. The second-order valence-electron chi connectivity index (χ2n) is 5.94. The summed E-state index contributed by atoms with van der Waals surface area (Å²) in [6.07, 6.45) is 0. The van der Waals surface area contributed by atoms with Crippen molar-refractivity contribution < 1.29 is 14.3 Å². The van der Waals surface area contributed by atoms with Crippen LogP contribution in [0.4, 0.5) is 0 Å². The Morgan fingerprint density at radius 2 is 2.05 bits per heavy atom. The van der Waals surface area contributed by atoms with Crippen LogP contribution in [0.15, 0.2) is 24.3 Å². The lowest BCUT2D eigenvalue weighted by Crippen LogP contribution is -2.10. The Kier molecular flexibility index (Phi) is 4.49. The predicted octanol–water partition coefficient (Wildman–Crippen LogP) is 3.08. The van der Waals surface area contributed by atoms with Gasteiger partial charge in [-0.3, -0.25) is 0 Å². The van der Waals surface area contributed by atoms with Crippen molar-refractivity contribution in [1.82, 2.24) is 14.8 Å². The van der Waals surface area contributed by atoms with E-state index >= 15 is 0 Å². The highest BCUT2D eigenvalue weighted by Gasteiger charge is 2.18. The first kappa shape index (κ1) is 16.0. The molecule has 0 fully saturated rings.